The highest BCUT2D eigenvalue weighted by Crippen LogP contribution is 2.31. The molecule has 0 amide bonds. The smallest absolute Gasteiger partial charge is 0.0876 e. The van der Waals surface area contributed by atoms with Crippen molar-refractivity contribution >= 4 is 0 Å². The van der Waals surface area contributed by atoms with Crippen molar-refractivity contribution in [3.63, 3.8) is 0 Å². The third kappa shape index (κ3) is 4.11. The van der Waals surface area contributed by atoms with Gasteiger partial charge in [0.05, 0.1) is 46.0 Å². The zero-order chi connectivity index (χ0) is 21.6. The number of hydrogen-bond donors (Lipinski definition) is 0. The van der Waals surface area contributed by atoms with Crippen LogP contribution in [0.25, 0.3) is 0 Å². The Hall–Kier alpha value is -4.32. The van der Waals surface area contributed by atoms with Gasteiger partial charge in [-0.3, -0.25) is 19.9 Å². The summed E-state index contributed by atoms with van der Waals surface area (Å²) < 4.78 is 0. The molecule has 0 aromatic carbocycles. The molecule has 32 heavy (non-hydrogen) atoms. The Morgan fingerprint density at radius 3 is 0.875 bits per heavy atom. The van der Waals surface area contributed by atoms with Gasteiger partial charge in [0.1, 0.15) is 0 Å². The van der Waals surface area contributed by atoms with E-state index >= 15 is 0 Å². The fraction of sp³-hybridized carbons (Fsp3) is 0.0769. The lowest BCUT2D eigenvalue weighted by Gasteiger charge is -2.18. The molecule has 0 saturated carbocycles. The van der Waals surface area contributed by atoms with Gasteiger partial charge in [0, 0.05) is 24.8 Å². The third-order valence-corrected chi connectivity index (χ3v) is 5.23. The van der Waals surface area contributed by atoms with Gasteiger partial charge in [0.2, 0.25) is 0 Å². The van der Waals surface area contributed by atoms with Gasteiger partial charge >= 0.3 is 0 Å². The molecule has 0 aliphatic rings. The van der Waals surface area contributed by atoms with Crippen molar-refractivity contribution in [1.29, 1.82) is 0 Å². The number of pyridine rings is 4. The molecule has 5 aromatic rings. The molecule has 154 valence electrons. The molecule has 0 saturated heterocycles. The second kappa shape index (κ2) is 9.22. The van der Waals surface area contributed by atoms with Crippen LogP contribution >= 0.6 is 0 Å². The fourth-order valence-electron chi connectivity index (χ4n) is 3.76. The maximum Gasteiger partial charge on any atom is 0.0876 e. The lowest BCUT2D eigenvalue weighted by molar-refractivity contribution is 0.757. The summed E-state index contributed by atoms with van der Waals surface area (Å²) in [4.78, 5) is 18.2. The standard InChI is InChI=1S/C26H20N6/c1-5-15-27-19(9-1)25(20-10-2-6-16-28-20)23-13-14-24(32-31-23)26(21-11-3-7-17-29-21)22-12-4-8-18-30-22/h1-18,25-26H. The van der Waals surface area contributed by atoms with Crippen LogP contribution in [-0.2, 0) is 0 Å². The van der Waals surface area contributed by atoms with E-state index in [4.69, 9.17) is 0 Å². The number of rotatable bonds is 6. The van der Waals surface area contributed by atoms with Gasteiger partial charge in [-0.25, -0.2) is 0 Å². The molecular formula is C26H20N6. The van der Waals surface area contributed by atoms with Crippen molar-refractivity contribution in [2.75, 3.05) is 0 Å². The van der Waals surface area contributed by atoms with Gasteiger partial charge in [0.15, 0.2) is 0 Å². The average Bonchev–Trinajstić information content (AvgIpc) is 2.88. The Morgan fingerprint density at radius 2 is 0.656 bits per heavy atom. The Bertz CT molecular complexity index is 1070. The molecule has 0 bridgehead atoms. The van der Waals surface area contributed by atoms with Crippen molar-refractivity contribution < 1.29 is 0 Å². The van der Waals surface area contributed by atoms with Gasteiger partial charge < -0.3 is 0 Å². The minimum absolute atomic E-state index is 0.206. The predicted octanol–water partition coefficient (Wildman–Crippen LogP) is 4.42. The molecular weight excluding hydrogens is 396 g/mol. The van der Waals surface area contributed by atoms with E-state index in [-0.39, 0.29) is 11.8 Å². The molecule has 0 aliphatic carbocycles. The summed E-state index contributed by atoms with van der Waals surface area (Å²) in [6.45, 7) is 0. The van der Waals surface area contributed by atoms with Crippen LogP contribution in [0.1, 0.15) is 46.0 Å². The van der Waals surface area contributed by atoms with Gasteiger partial charge in [-0.15, -0.1) is 0 Å². The maximum atomic E-state index is 4.62. The molecule has 0 N–H and O–H groups in total. The SMILES string of the molecule is c1ccc(C(c2ccccn2)c2ccc(C(c3ccccn3)c3ccccn3)nn2)nc1. The summed E-state index contributed by atoms with van der Waals surface area (Å²) in [6.07, 6.45) is 7.13. The Balaban J connectivity index is 1.57. The van der Waals surface area contributed by atoms with Crippen LogP contribution in [-0.4, -0.2) is 30.1 Å². The van der Waals surface area contributed by atoms with E-state index in [2.05, 4.69) is 30.1 Å². The number of nitrogens with zero attached hydrogens (tertiary/aromatic N) is 6. The lowest BCUT2D eigenvalue weighted by Crippen LogP contribution is -2.13. The second-order valence-corrected chi connectivity index (χ2v) is 7.27. The van der Waals surface area contributed by atoms with Gasteiger partial charge in [0.25, 0.3) is 0 Å². The minimum atomic E-state index is -0.206. The zero-order valence-corrected chi connectivity index (χ0v) is 17.2. The van der Waals surface area contributed by atoms with Crippen molar-refractivity contribution in [1.82, 2.24) is 30.1 Å². The van der Waals surface area contributed by atoms with E-state index in [0.29, 0.717) is 0 Å². The Kier molecular flexibility index (Phi) is 5.66. The molecule has 5 heterocycles. The topological polar surface area (TPSA) is 77.3 Å². The normalized spacial score (nSPS) is 11.1. The molecule has 0 spiro atoms. The van der Waals surface area contributed by atoms with E-state index < -0.39 is 0 Å². The van der Waals surface area contributed by atoms with Gasteiger partial charge in [-0.05, 0) is 60.7 Å². The van der Waals surface area contributed by atoms with Crippen LogP contribution in [0.3, 0.4) is 0 Å². The Morgan fingerprint density at radius 1 is 0.344 bits per heavy atom. The van der Waals surface area contributed by atoms with E-state index in [9.17, 15) is 0 Å². The first-order valence-electron chi connectivity index (χ1n) is 10.4. The molecule has 0 radical (unpaired) electrons. The van der Waals surface area contributed by atoms with Crippen LogP contribution in [0.2, 0.25) is 0 Å². The van der Waals surface area contributed by atoms with Crippen molar-refractivity contribution in [2.45, 2.75) is 11.8 Å². The van der Waals surface area contributed by atoms with E-state index in [1.807, 2.05) is 84.9 Å². The molecule has 5 rings (SSSR count). The highest BCUT2D eigenvalue weighted by atomic mass is 15.1. The molecule has 0 unspecified atom stereocenters. The van der Waals surface area contributed by atoms with Crippen molar-refractivity contribution in [3.05, 3.63) is 144 Å². The second-order valence-electron chi connectivity index (χ2n) is 7.27. The molecule has 6 heteroatoms. The zero-order valence-electron chi connectivity index (χ0n) is 17.2. The summed E-state index contributed by atoms with van der Waals surface area (Å²) >= 11 is 0. The van der Waals surface area contributed by atoms with E-state index in [1.54, 1.807) is 24.8 Å². The monoisotopic (exact) mass is 416 g/mol. The van der Waals surface area contributed by atoms with Crippen molar-refractivity contribution in [3.8, 4) is 0 Å². The quantitative estimate of drug-likeness (QED) is 0.408. The first kappa shape index (κ1) is 19.6. The lowest BCUT2D eigenvalue weighted by atomic mass is 9.93. The summed E-state index contributed by atoms with van der Waals surface area (Å²) in [5, 5.41) is 9.24. The molecule has 0 fully saturated rings. The average molecular weight is 416 g/mol. The fourth-order valence-corrected chi connectivity index (χ4v) is 3.76. The predicted molar refractivity (Wildman–Crippen MR) is 121 cm³/mol. The first-order chi connectivity index (χ1) is 15.9. The van der Waals surface area contributed by atoms with Gasteiger partial charge in [-0.1, -0.05) is 24.3 Å². The Labute approximate surface area is 186 Å². The summed E-state index contributed by atoms with van der Waals surface area (Å²) in [5.41, 5.74) is 5.07. The number of hydrogen-bond acceptors (Lipinski definition) is 6. The van der Waals surface area contributed by atoms with Crippen LogP contribution in [0, 0.1) is 0 Å². The number of aromatic nitrogens is 6. The molecule has 0 aliphatic heterocycles. The largest absolute Gasteiger partial charge is 0.260 e. The van der Waals surface area contributed by atoms with Gasteiger partial charge in [-0.2, -0.15) is 10.2 Å². The molecule has 6 nitrogen and oxygen atoms in total. The maximum absolute atomic E-state index is 4.62. The van der Waals surface area contributed by atoms with Crippen LogP contribution < -0.4 is 0 Å². The summed E-state index contributed by atoms with van der Waals surface area (Å²) in [7, 11) is 0. The third-order valence-electron chi connectivity index (χ3n) is 5.23. The van der Waals surface area contributed by atoms with Crippen molar-refractivity contribution in [2.24, 2.45) is 0 Å². The van der Waals surface area contributed by atoms with Crippen LogP contribution in [0.5, 0.6) is 0 Å². The summed E-state index contributed by atoms with van der Waals surface area (Å²) in [5.74, 6) is -0.413. The van der Waals surface area contributed by atoms with E-state index in [0.717, 1.165) is 34.2 Å². The van der Waals surface area contributed by atoms with E-state index in [1.165, 1.54) is 0 Å². The van der Waals surface area contributed by atoms with Crippen LogP contribution in [0.4, 0.5) is 0 Å². The molecule has 5 aromatic heterocycles. The highest BCUT2D eigenvalue weighted by Gasteiger charge is 2.24. The first-order valence-corrected chi connectivity index (χ1v) is 10.4. The summed E-state index contributed by atoms with van der Waals surface area (Å²) in [6, 6.07) is 27.4. The highest BCUT2D eigenvalue weighted by molar-refractivity contribution is 5.37. The van der Waals surface area contributed by atoms with Crippen LogP contribution in [0.15, 0.2) is 110 Å². The molecule has 0 atom stereocenters. The minimum Gasteiger partial charge on any atom is -0.260 e.